The van der Waals surface area contributed by atoms with Crippen molar-refractivity contribution in [3.8, 4) is 22.6 Å². The van der Waals surface area contributed by atoms with Crippen LogP contribution >= 0.6 is 0 Å². The first-order valence-electron chi connectivity index (χ1n) is 6.26. The predicted octanol–water partition coefficient (Wildman–Crippen LogP) is 5.20. The molecule has 0 unspecified atom stereocenters. The van der Waals surface area contributed by atoms with E-state index in [1.807, 2.05) is 31.2 Å². The summed E-state index contributed by atoms with van der Waals surface area (Å²) in [5, 5.41) is 0. The van der Waals surface area contributed by atoms with Crippen LogP contribution in [0.1, 0.15) is 5.56 Å². The van der Waals surface area contributed by atoms with Crippen molar-refractivity contribution < 1.29 is 13.2 Å². The standard InChI is InChI=1S/C17H12F2O/c1-11-2-4-12(5-3-11)16-10-15(19)17(20-16)13-6-8-14(18)9-7-13/h2-10H,1H3. The van der Waals surface area contributed by atoms with Gasteiger partial charge in [-0.15, -0.1) is 0 Å². The number of rotatable bonds is 2. The highest BCUT2D eigenvalue weighted by atomic mass is 19.1. The topological polar surface area (TPSA) is 13.1 Å². The zero-order chi connectivity index (χ0) is 14.1. The number of halogens is 2. The van der Waals surface area contributed by atoms with Crippen LogP contribution < -0.4 is 0 Å². The molecule has 1 aromatic heterocycles. The van der Waals surface area contributed by atoms with Gasteiger partial charge < -0.3 is 4.42 Å². The summed E-state index contributed by atoms with van der Waals surface area (Å²) in [7, 11) is 0. The molecule has 0 atom stereocenters. The molecular weight excluding hydrogens is 258 g/mol. The quantitative estimate of drug-likeness (QED) is 0.623. The second-order valence-corrected chi connectivity index (χ2v) is 4.66. The van der Waals surface area contributed by atoms with Crippen LogP contribution in [0.4, 0.5) is 8.78 Å². The van der Waals surface area contributed by atoms with Gasteiger partial charge in [0.15, 0.2) is 11.6 Å². The molecule has 100 valence electrons. The van der Waals surface area contributed by atoms with Crippen LogP contribution in [0.15, 0.2) is 59.0 Å². The zero-order valence-electron chi connectivity index (χ0n) is 10.9. The molecule has 2 aromatic carbocycles. The van der Waals surface area contributed by atoms with Crippen molar-refractivity contribution in [2.45, 2.75) is 6.92 Å². The largest absolute Gasteiger partial charge is 0.453 e. The molecule has 0 aliphatic rings. The van der Waals surface area contributed by atoms with Crippen molar-refractivity contribution in [3.63, 3.8) is 0 Å². The summed E-state index contributed by atoms with van der Waals surface area (Å²) in [6, 6.07) is 14.5. The average molecular weight is 270 g/mol. The molecule has 0 saturated carbocycles. The normalized spacial score (nSPS) is 10.8. The Labute approximate surface area is 115 Å². The third-order valence-corrected chi connectivity index (χ3v) is 3.13. The van der Waals surface area contributed by atoms with Gasteiger partial charge in [0, 0.05) is 17.2 Å². The molecule has 0 saturated heterocycles. The monoisotopic (exact) mass is 270 g/mol. The number of furan rings is 1. The van der Waals surface area contributed by atoms with Gasteiger partial charge in [0.2, 0.25) is 0 Å². The van der Waals surface area contributed by atoms with E-state index in [4.69, 9.17) is 4.42 Å². The van der Waals surface area contributed by atoms with Crippen molar-refractivity contribution in [3.05, 3.63) is 71.8 Å². The maximum Gasteiger partial charge on any atom is 0.170 e. The first kappa shape index (κ1) is 12.6. The molecule has 3 rings (SSSR count). The van der Waals surface area contributed by atoms with Gasteiger partial charge in [-0.05, 0) is 31.2 Å². The molecule has 0 amide bonds. The minimum atomic E-state index is -0.452. The third-order valence-electron chi connectivity index (χ3n) is 3.13. The fourth-order valence-electron chi connectivity index (χ4n) is 2.03. The molecule has 0 bridgehead atoms. The third kappa shape index (κ3) is 2.35. The zero-order valence-corrected chi connectivity index (χ0v) is 10.9. The fourth-order valence-corrected chi connectivity index (χ4v) is 2.03. The lowest BCUT2D eigenvalue weighted by Gasteiger charge is -1.99. The Balaban J connectivity index is 2.02. The highest BCUT2D eigenvalue weighted by Gasteiger charge is 2.14. The molecule has 0 N–H and O–H groups in total. The molecule has 0 aliphatic carbocycles. The van der Waals surface area contributed by atoms with Crippen LogP contribution in [-0.4, -0.2) is 0 Å². The summed E-state index contributed by atoms with van der Waals surface area (Å²) in [4.78, 5) is 0. The molecular formula is C17H12F2O. The predicted molar refractivity (Wildman–Crippen MR) is 74.2 cm³/mol. The van der Waals surface area contributed by atoms with Gasteiger partial charge in [0.05, 0.1) is 0 Å². The van der Waals surface area contributed by atoms with Crippen LogP contribution in [0.5, 0.6) is 0 Å². The minimum absolute atomic E-state index is 0.126. The Morgan fingerprint density at radius 2 is 1.40 bits per heavy atom. The lowest BCUT2D eigenvalue weighted by atomic mass is 10.1. The van der Waals surface area contributed by atoms with Crippen LogP contribution in [-0.2, 0) is 0 Å². The van der Waals surface area contributed by atoms with Gasteiger partial charge in [0.25, 0.3) is 0 Å². The lowest BCUT2D eigenvalue weighted by Crippen LogP contribution is -1.78. The van der Waals surface area contributed by atoms with E-state index in [1.165, 1.54) is 30.3 Å². The van der Waals surface area contributed by atoms with Gasteiger partial charge in [-0.3, -0.25) is 0 Å². The number of hydrogen-bond donors (Lipinski definition) is 0. The Hall–Kier alpha value is -2.42. The molecule has 0 radical (unpaired) electrons. The summed E-state index contributed by atoms with van der Waals surface area (Å²) in [5.41, 5.74) is 2.45. The summed E-state index contributed by atoms with van der Waals surface area (Å²) in [6.45, 7) is 1.98. The SMILES string of the molecule is Cc1ccc(-c2cc(F)c(-c3ccc(F)cc3)o2)cc1. The first-order chi connectivity index (χ1) is 9.63. The van der Waals surface area contributed by atoms with Crippen molar-refractivity contribution in [1.82, 2.24) is 0 Å². The van der Waals surface area contributed by atoms with E-state index in [9.17, 15) is 8.78 Å². The molecule has 0 fully saturated rings. The van der Waals surface area contributed by atoms with E-state index in [0.717, 1.165) is 11.1 Å². The summed E-state index contributed by atoms with van der Waals surface area (Å²) < 4.78 is 32.4. The van der Waals surface area contributed by atoms with Gasteiger partial charge in [-0.1, -0.05) is 29.8 Å². The second kappa shape index (κ2) is 4.93. The van der Waals surface area contributed by atoms with Crippen molar-refractivity contribution >= 4 is 0 Å². The maximum absolute atomic E-state index is 14.0. The highest BCUT2D eigenvalue weighted by molar-refractivity contribution is 5.65. The van der Waals surface area contributed by atoms with E-state index >= 15 is 0 Å². The summed E-state index contributed by atoms with van der Waals surface area (Å²) in [5.74, 6) is -0.228. The maximum atomic E-state index is 14.0. The van der Waals surface area contributed by atoms with E-state index in [1.54, 1.807) is 0 Å². The Bertz CT molecular complexity index is 725. The van der Waals surface area contributed by atoms with Crippen molar-refractivity contribution in [2.75, 3.05) is 0 Å². The van der Waals surface area contributed by atoms with Gasteiger partial charge in [0.1, 0.15) is 11.6 Å². The Morgan fingerprint density at radius 3 is 2.05 bits per heavy atom. The average Bonchev–Trinajstić information content (AvgIpc) is 2.82. The van der Waals surface area contributed by atoms with Crippen LogP contribution in [0.2, 0.25) is 0 Å². The molecule has 20 heavy (non-hydrogen) atoms. The molecule has 0 aliphatic heterocycles. The first-order valence-corrected chi connectivity index (χ1v) is 6.26. The summed E-state index contributed by atoms with van der Waals surface area (Å²) >= 11 is 0. The number of hydrogen-bond acceptors (Lipinski definition) is 1. The van der Waals surface area contributed by atoms with E-state index in [-0.39, 0.29) is 11.6 Å². The van der Waals surface area contributed by atoms with E-state index < -0.39 is 5.82 Å². The van der Waals surface area contributed by atoms with Gasteiger partial charge in [-0.25, -0.2) is 8.78 Å². The van der Waals surface area contributed by atoms with Crippen LogP contribution in [0, 0.1) is 18.6 Å². The number of benzene rings is 2. The fraction of sp³-hybridized carbons (Fsp3) is 0.0588. The van der Waals surface area contributed by atoms with Gasteiger partial charge >= 0.3 is 0 Å². The lowest BCUT2D eigenvalue weighted by molar-refractivity contribution is 0.557. The van der Waals surface area contributed by atoms with Gasteiger partial charge in [-0.2, -0.15) is 0 Å². The van der Waals surface area contributed by atoms with Crippen molar-refractivity contribution in [2.24, 2.45) is 0 Å². The van der Waals surface area contributed by atoms with Crippen LogP contribution in [0.3, 0.4) is 0 Å². The van der Waals surface area contributed by atoms with Crippen LogP contribution in [0.25, 0.3) is 22.6 Å². The Kier molecular flexibility index (Phi) is 3.11. The molecule has 3 aromatic rings. The minimum Gasteiger partial charge on any atom is -0.453 e. The molecule has 0 spiro atoms. The summed E-state index contributed by atoms with van der Waals surface area (Å²) in [6.07, 6.45) is 0. The molecule has 1 nitrogen and oxygen atoms in total. The molecule has 3 heteroatoms. The second-order valence-electron chi connectivity index (χ2n) is 4.66. The van der Waals surface area contributed by atoms with E-state index in [0.29, 0.717) is 11.3 Å². The number of aryl methyl sites for hydroxylation is 1. The van der Waals surface area contributed by atoms with E-state index in [2.05, 4.69) is 0 Å². The Morgan fingerprint density at radius 1 is 0.800 bits per heavy atom. The highest BCUT2D eigenvalue weighted by Crippen LogP contribution is 2.31. The van der Waals surface area contributed by atoms with Crippen molar-refractivity contribution in [1.29, 1.82) is 0 Å². The molecule has 1 heterocycles. The smallest absolute Gasteiger partial charge is 0.170 e.